The van der Waals surface area contributed by atoms with Crippen LogP contribution in [0.2, 0.25) is 0 Å². The molecule has 0 saturated heterocycles. The molecule has 1 aliphatic rings. The van der Waals surface area contributed by atoms with E-state index in [-0.39, 0.29) is 11.5 Å². The molecule has 1 aliphatic carbocycles. The minimum atomic E-state index is -1.20. The summed E-state index contributed by atoms with van der Waals surface area (Å²) in [5.74, 6) is -0.915. The Morgan fingerprint density at radius 2 is 2.10 bits per heavy atom. The van der Waals surface area contributed by atoms with Crippen molar-refractivity contribution in [2.24, 2.45) is 0 Å². The molecule has 0 atom stereocenters. The highest BCUT2D eigenvalue weighted by Crippen LogP contribution is 2.33. The SMILES string of the molecule is O=C(O)c1cc(F)ccc1-n1nnnc1C1CCCC1. The van der Waals surface area contributed by atoms with Crippen molar-refractivity contribution >= 4 is 5.97 Å². The number of carboxylic acids is 1. The molecule has 0 radical (unpaired) electrons. The zero-order valence-electron chi connectivity index (χ0n) is 10.7. The first kappa shape index (κ1) is 12.7. The molecule has 0 aliphatic heterocycles. The summed E-state index contributed by atoms with van der Waals surface area (Å²) >= 11 is 0. The molecule has 104 valence electrons. The monoisotopic (exact) mass is 276 g/mol. The number of rotatable bonds is 3. The predicted molar refractivity (Wildman–Crippen MR) is 67.3 cm³/mol. The second kappa shape index (κ2) is 4.99. The number of benzene rings is 1. The van der Waals surface area contributed by atoms with Crippen molar-refractivity contribution in [3.05, 3.63) is 35.4 Å². The zero-order valence-corrected chi connectivity index (χ0v) is 10.7. The highest BCUT2D eigenvalue weighted by atomic mass is 19.1. The maximum absolute atomic E-state index is 13.2. The summed E-state index contributed by atoms with van der Waals surface area (Å²) in [6.45, 7) is 0. The van der Waals surface area contributed by atoms with E-state index in [1.165, 1.54) is 16.8 Å². The first-order valence-corrected chi connectivity index (χ1v) is 6.48. The van der Waals surface area contributed by atoms with Crippen molar-refractivity contribution < 1.29 is 14.3 Å². The highest BCUT2D eigenvalue weighted by molar-refractivity contribution is 5.91. The van der Waals surface area contributed by atoms with Crippen LogP contribution < -0.4 is 0 Å². The lowest BCUT2D eigenvalue weighted by atomic mass is 10.1. The third-order valence-electron chi connectivity index (χ3n) is 3.63. The van der Waals surface area contributed by atoms with Gasteiger partial charge in [0.05, 0.1) is 11.3 Å². The zero-order chi connectivity index (χ0) is 14.1. The number of halogens is 1. The van der Waals surface area contributed by atoms with Crippen LogP contribution in [0.1, 0.15) is 47.8 Å². The summed E-state index contributed by atoms with van der Waals surface area (Å²) in [6, 6.07) is 3.59. The van der Waals surface area contributed by atoms with Gasteiger partial charge < -0.3 is 5.11 Å². The predicted octanol–water partition coefficient (Wildman–Crippen LogP) is 2.16. The Morgan fingerprint density at radius 3 is 2.80 bits per heavy atom. The Bertz CT molecular complexity index is 650. The summed E-state index contributed by atoms with van der Waals surface area (Å²) in [4.78, 5) is 11.3. The van der Waals surface area contributed by atoms with Gasteiger partial charge in [-0.25, -0.2) is 9.18 Å². The molecule has 7 heteroatoms. The van der Waals surface area contributed by atoms with E-state index in [1.54, 1.807) is 0 Å². The van der Waals surface area contributed by atoms with E-state index in [9.17, 15) is 14.3 Å². The number of hydrogen-bond donors (Lipinski definition) is 1. The van der Waals surface area contributed by atoms with Gasteiger partial charge in [-0.3, -0.25) is 0 Å². The molecule has 1 N–H and O–H groups in total. The van der Waals surface area contributed by atoms with E-state index in [2.05, 4.69) is 15.5 Å². The number of aromatic nitrogens is 4. The van der Waals surface area contributed by atoms with Crippen LogP contribution in [0.4, 0.5) is 4.39 Å². The van der Waals surface area contributed by atoms with Crippen LogP contribution in [0, 0.1) is 5.82 Å². The Morgan fingerprint density at radius 1 is 1.35 bits per heavy atom. The lowest BCUT2D eigenvalue weighted by molar-refractivity contribution is 0.0696. The second-order valence-corrected chi connectivity index (χ2v) is 4.90. The van der Waals surface area contributed by atoms with E-state index in [0.29, 0.717) is 11.5 Å². The molecule has 1 saturated carbocycles. The van der Waals surface area contributed by atoms with E-state index >= 15 is 0 Å². The topological polar surface area (TPSA) is 80.9 Å². The number of carboxylic acid groups (broad SMARTS) is 1. The van der Waals surface area contributed by atoms with Crippen LogP contribution in [-0.2, 0) is 0 Å². The van der Waals surface area contributed by atoms with E-state index in [0.717, 1.165) is 31.7 Å². The van der Waals surface area contributed by atoms with Gasteiger partial charge in [-0.2, -0.15) is 4.68 Å². The van der Waals surface area contributed by atoms with Gasteiger partial charge in [0.15, 0.2) is 5.82 Å². The lowest BCUT2D eigenvalue weighted by Crippen LogP contribution is -2.12. The molecule has 1 aromatic carbocycles. The normalized spacial score (nSPS) is 15.7. The summed E-state index contributed by atoms with van der Waals surface area (Å²) in [7, 11) is 0. The maximum atomic E-state index is 13.2. The standard InChI is InChI=1S/C13H13FN4O2/c14-9-5-6-11(10(7-9)13(19)20)18-12(15-16-17-18)8-3-1-2-4-8/h5-8H,1-4H2,(H,19,20). The number of hydrogen-bond acceptors (Lipinski definition) is 4. The molecule has 0 spiro atoms. The van der Waals surface area contributed by atoms with Crippen LogP contribution in [0.3, 0.4) is 0 Å². The van der Waals surface area contributed by atoms with Crippen molar-refractivity contribution in [2.45, 2.75) is 31.6 Å². The fourth-order valence-electron chi connectivity index (χ4n) is 2.67. The first-order chi connectivity index (χ1) is 9.66. The fraction of sp³-hybridized carbons (Fsp3) is 0.385. The molecule has 3 rings (SSSR count). The van der Waals surface area contributed by atoms with Crippen LogP contribution >= 0.6 is 0 Å². The number of nitrogens with zero attached hydrogens (tertiary/aromatic N) is 4. The average molecular weight is 276 g/mol. The van der Waals surface area contributed by atoms with Crippen LogP contribution in [-0.4, -0.2) is 31.3 Å². The van der Waals surface area contributed by atoms with Gasteiger partial charge in [0, 0.05) is 5.92 Å². The molecule has 1 aromatic heterocycles. The molecule has 0 unspecified atom stereocenters. The molecule has 20 heavy (non-hydrogen) atoms. The van der Waals surface area contributed by atoms with Gasteiger partial charge >= 0.3 is 5.97 Å². The summed E-state index contributed by atoms with van der Waals surface area (Å²) < 4.78 is 14.6. The minimum absolute atomic E-state index is 0.142. The van der Waals surface area contributed by atoms with Crippen LogP contribution in [0.15, 0.2) is 18.2 Å². The quantitative estimate of drug-likeness (QED) is 0.929. The van der Waals surface area contributed by atoms with Crippen LogP contribution in [0.25, 0.3) is 5.69 Å². The smallest absolute Gasteiger partial charge is 0.338 e. The Balaban J connectivity index is 2.09. The van der Waals surface area contributed by atoms with Crippen molar-refractivity contribution in [1.82, 2.24) is 20.2 Å². The van der Waals surface area contributed by atoms with Gasteiger partial charge in [0.25, 0.3) is 0 Å². The van der Waals surface area contributed by atoms with Gasteiger partial charge in [-0.1, -0.05) is 12.8 Å². The number of aromatic carboxylic acids is 1. The Kier molecular flexibility index (Phi) is 3.17. The van der Waals surface area contributed by atoms with Crippen molar-refractivity contribution in [1.29, 1.82) is 0 Å². The van der Waals surface area contributed by atoms with Gasteiger partial charge in [0.2, 0.25) is 0 Å². The number of carbonyl (C=O) groups is 1. The highest BCUT2D eigenvalue weighted by Gasteiger charge is 2.25. The molecule has 1 heterocycles. The van der Waals surface area contributed by atoms with Gasteiger partial charge in [-0.15, -0.1) is 5.10 Å². The molecule has 1 fully saturated rings. The van der Waals surface area contributed by atoms with Crippen molar-refractivity contribution in [2.75, 3.05) is 0 Å². The Labute approximate surface area is 114 Å². The fourth-order valence-corrected chi connectivity index (χ4v) is 2.67. The largest absolute Gasteiger partial charge is 0.478 e. The molecule has 2 aromatic rings. The van der Waals surface area contributed by atoms with E-state index < -0.39 is 11.8 Å². The Hall–Kier alpha value is -2.31. The van der Waals surface area contributed by atoms with E-state index in [4.69, 9.17) is 0 Å². The third-order valence-corrected chi connectivity index (χ3v) is 3.63. The maximum Gasteiger partial charge on any atom is 0.338 e. The van der Waals surface area contributed by atoms with E-state index in [1.807, 2.05) is 0 Å². The lowest BCUT2D eigenvalue weighted by Gasteiger charge is -2.11. The number of tetrazole rings is 1. The van der Waals surface area contributed by atoms with Gasteiger partial charge in [0.1, 0.15) is 5.82 Å². The summed E-state index contributed by atoms with van der Waals surface area (Å²) in [6.07, 6.45) is 4.22. The van der Waals surface area contributed by atoms with Gasteiger partial charge in [-0.05, 0) is 41.5 Å². The van der Waals surface area contributed by atoms with Crippen molar-refractivity contribution in [3.63, 3.8) is 0 Å². The third kappa shape index (κ3) is 2.15. The van der Waals surface area contributed by atoms with Crippen LogP contribution in [0.5, 0.6) is 0 Å². The van der Waals surface area contributed by atoms with Crippen molar-refractivity contribution in [3.8, 4) is 5.69 Å². The minimum Gasteiger partial charge on any atom is -0.478 e. The summed E-state index contributed by atoms with van der Waals surface area (Å²) in [5.41, 5.74) is 0.155. The molecule has 6 nitrogen and oxygen atoms in total. The molecule has 0 bridgehead atoms. The molecule has 0 amide bonds. The summed E-state index contributed by atoms with van der Waals surface area (Å²) in [5, 5.41) is 20.7. The first-order valence-electron chi connectivity index (χ1n) is 6.48. The molecular weight excluding hydrogens is 263 g/mol. The molecular formula is C13H13FN4O2. The average Bonchev–Trinajstić information content (AvgIpc) is 3.09. The second-order valence-electron chi connectivity index (χ2n) is 4.90.